The van der Waals surface area contributed by atoms with Crippen molar-refractivity contribution in [3.63, 3.8) is 0 Å². The van der Waals surface area contributed by atoms with Gasteiger partial charge in [0.2, 0.25) is 5.91 Å². The Labute approximate surface area is 154 Å². The summed E-state index contributed by atoms with van der Waals surface area (Å²) in [7, 11) is 0. The standard InChI is InChI=1S/C18H29N5O3/c1-2-26-18(25)22-9-5-15(6-10-22)20-17(24)13-23-11-7-16(21-23)14-4-3-8-19-12-14/h7,11,14-15,19H,2-6,8-10,12-13H2,1H3,(H,20,24). The van der Waals surface area contributed by atoms with Crippen LogP contribution in [0, 0.1) is 0 Å². The SMILES string of the molecule is CCOC(=O)N1CCC(NC(=O)Cn2ccc(C3CCCNC3)n2)CC1. The van der Waals surface area contributed by atoms with E-state index in [1.165, 1.54) is 6.42 Å². The number of nitrogens with zero attached hydrogens (tertiary/aromatic N) is 3. The first kappa shape index (κ1) is 18.7. The van der Waals surface area contributed by atoms with Crippen LogP contribution in [0.3, 0.4) is 0 Å². The molecule has 1 atom stereocenters. The van der Waals surface area contributed by atoms with Crippen LogP contribution in [0.2, 0.25) is 0 Å². The second kappa shape index (κ2) is 9.02. The second-order valence-corrected chi connectivity index (χ2v) is 7.01. The van der Waals surface area contributed by atoms with E-state index >= 15 is 0 Å². The van der Waals surface area contributed by atoms with E-state index in [-0.39, 0.29) is 24.6 Å². The van der Waals surface area contributed by atoms with Crippen molar-refractivity contribution in [2.75, 3.05) is 32.8 Å². The third-order valence-electron chi connectivity index (χ3n) is 5.07. The van der Waals surface area contributed by atoms with Crippen LogP contribution in [0.5, 0.6) is 0 Å². The van der Waals surface area contributed by atoms with Gasteiger partial charge in [0.15, 0.2) is 0 Å². The van der Waals surface area contributed by atoms with E-state index in [0.29, 0.717) is 25.6 Å². The highest BCUT2D eigenvalue weighted by Crippen LogP contribution is 2.21. The summed E-state index contributed by atoms with van der Waals surface area (Å²) in [6.45, 7) is 5.69. The fraction of sp³-hybridized carbons (Fsp3) is 0.722. The van der Waals surface area contributed by atoms with Gasteiger partial charge in [-0.3, -0.25) is 9.48 Å². The van der Waals surface area contributed by atoms with Gasteiger partial charge in [0.1, 0.15) is 6.54 Å². The summed E-state index contributed by atoms with van der Waals surface area (Å²) in [6.07, 6.45) is 5.44. The first-order chi connectivity index (χ1) is 12.7. The second-order valence-electron chi connectivity index (χ2n) is 7.01. The number of carbonyl (C=O) groups is 2. The van der Waals surface area contributed by atoms with Gasteiger partial charge in [0, 0.05) is 37.8 Å². The normalized spacial score (nSPS) is 21.4. The van der Waals surface area contributed by atoms with Crippen LogP contribution in [0.15, 0.2) is 12.3 Å². The molecule has 0 spiro atoms. The molecule has 3 heterocycles. The molecule has 1 unspecified atom stereocenters. The molecule has 1 aromatic rings. The average Bonchev–Trinajstić information content (AvgIpc) is 3.11. The van der Waals surface area contributed by atoms with Gasteiger partial charge >= 0.3 is 6.09 Å². The highest BCUT2D eigenvalue weighted by molar-refractivity contribution is 5.76. The number of amides is 2. The maximum absolute atomic E-state index is 12.3. The zero-order valence-electron chi connectivity index (χ0n) is 15.4. The maximum Gasteiger partial charge on any atom is 0.409 e. The number of piperidine rings is 2. The van der Waals surface area contributed by atoms with E-state index in [1.54, 1.807) is 16.5 Å². The number of rotatable bonds is 5. The van der Waals surface area contributed by atoms with Gasteiger partial charge in [-0.1, -0.05) is 0 Å². The molecule has 2 aliphatic heterocycles. The van der Waals surface area contributed by atoms with E-state index in [4.69, 9.17) is 4.74 Å². The number of ether oxygens (including phenoxy) is 1. The molecule has 0 aliphatic carbocycles. The molecule has 144 valence electrons. The van der Waals surface area contributed by atoms with E-state index in [9.17, 15) is 9.59 Å². The number of hydrogen-bond acceptors (Lipinski definition) is 5. The van der Waals surface area contributed by atoms with Crippen LogP contribution in [-0.2, 0) is 16.1 Å². The molecule has 8 heteroatoms. The lowest BCUT2D eigenvalue weighted by molar-refractivity contribution is -0.122. The molecular weight excluding hydrogens is 334 g/mol. The Bertz CT molecular complexity index is 604. The molecule has 0 radical (unpaired) electrons. The maximum atomic E-state index is 12.3. The van der Waals surface area contributed by atoms with Gasteiger partial charge in [0.05, 0.1) is 12.3 Å². The summed E-state index contributed by atoms with van der Waals surface area (Å²) in [5.41, 5.74) is 1.06. The Kier molecular flexibility index (Phi) is 6.49. The number of nitrogens with one attached hydrogen (secondary N) is 2. The minimum atomic E-state index is -0.265. The molecule has 2 saturated heterocycles. The summed E-state index contributed by atoms with van der Waals surface area (Å²) in [4.78, 5) is 25.7. The lowest BCUT2D eigenvalue weighted by atomic mass is 9.97. The molecule has 0 bridgehead atoms. The first-order valence-corrected chi connectivity index (χ1v) is 9.61. The van der Waals surface area contributed by atoms with Gasteiger partial charge in [-0.2, -0.15) is 5.10 Å². The molecule has 26 heavy (non-hydrogen) atoms. The van der Waals surface area contributed by atoms with Crippen molar-refractivity contribution in [2.45, 2.75) is 51.1 Å². The van der Waals surface area contributed by atoms with Crippen LogP contribution < -0.4 is 10.6 Å². The predicted octanol–water partition coefficient (Wildman–Crippen LogP) is 1.09. The molecule has 8 nitrogen and oxygen atoms in total. The average molecular weight is 363 g/mol. The third-order valence-corrected chi connectivity index (χ3v) is 5.07. The topological polar surface area (TPSA) is 88.5 Å². The summed E-state index contributed by atoms with van der Waals surface area (Å²) in [5.74, 6) is 0.413. The van der Waals surface area contributed by atoms with Crippen LogP contribution in [0.1, 0.15) is 44.2 Å². The number of carbonyl (C=O) groups excluding carboxylic acids is 2. The Morgan fingerprint density at radius 2 is 2.15 bits per heavy atom. The fourth-order valence-electron chi connectivity index (χ4n) is 3.63. The predicted molar refractivity (Wildman–Crippen MR) is 96.8 cm³/mol. The van der Waals surface area contributed by atoms with E-state index in [1.807, 2.05) is 12.3 Å². The third kappa shape index (κ3) is 4.97. The van der Waals surface area contributed by atoms with Gasteiger partial charge < -0.3 is 20.3 Å². The van der Waals surface area contributed by atoms with E-state index < -0.39 is 0 Å². The van der Waals surface area contributed by atoms with Gasteiger partial charge in [-0.15, -0.1) is 0 Å². The molecule has 2 amide bonds. The largest absolute Gasteiger partial charge is 0.450 e. The molecule has 1 aromatic heterocycles. The monoisotopic (exact) mass is 363 g/mol. The highest BCUT2D eigenvalue weighted by atomic mass is 16.6. The van der Waals surface area contributed by atoms with Crippen molar-refractivity contribution < 1.29 is 14.3 Å². The summed E-state index contributed by atoms with van der Waals surface area (Å²) in [5, 5.41) is 11.0. The van der Waals surface area contributed by atoms with Gasteiger partial charge in [0.25, 0.3) is 0 Å². The van der Waals surface area contributed by atoms with Crippen LogP contribution in [-0.4, -0.2) is 65.5 Å². The molecule has 0 aromatic carbocycles. The quantitative estimate of drug-likeness (QED) is 0.817. The van der Waals surface area contributed by atoms with Crippen LogP contribution in [0.25, 0.3) is 0 Å². The Balaban J connectivity index is 1.42. The Hall–Kier alpha value is -2.09. The molecule has 2 N–H and O–H groups in total. The van der Waals surface area contributed by atoms with Crippen LogP contribution in [0.4, 0.5) is 4.79 Å². The summed E-state index contributed by atoms with van der Waals surface area (Å²) >= 11 is 0. The number of hydrogen-bond donors (Lipinski definition) is 2. The van der Waals surface area contributed by atoms with Crippen molar-refractivity contribution in [2.24, 2.45) is 0 Å². The molecule has 0 saturated carbocycles. The fourth-order valence-corrected chi connectivity index (χ4v) is 3.63. The lowest BCUT2D eigenvalue weighted by Gasteiger charge is -2.31. The van der Waals surface area contributed by atoms with Crippen molar-refractivity contribution in [1.29, 1.82) is 0 Å². The minimum Gasteiger partial charge on any atom is -0.450 e. The van der Waals surface area contributed by atoms with Crippen LogP contribution >= 0.6 is 0 Å². The van der Waals surface area contributed by atoms with Crippen molar-refractivity contribution in [3.8, 4) is 0 Å². The molecule has 2 fully saturated rings. The van der Waals surface area contributed by atoms with Gasteiger partial charge in [-0.05, 0) is 45.2 Å². The van der Waals surface area contributed by atoms with Crippen molar-refractivity contribution in [1.82, 2.24) is 25.3 Å². The number of likely N-dealkylation sites (tertiary alicyclic amines) is 1. The molecule has 3 rings (SSSR count). The zero-order chi connectivity index (χ0) is 18.4. The van der Waals surface area contributed by atoms with E-state index in [2.05, 4.69) is 15.7 Å². The molecule has 2 aliphatic rings. The minimum absolute atomic E-state index is 0.0315. The van der Waals surface area contributed by atoms with Crippen molar-refractivity contribution in [3.05, 3.63) is 18.0 Å². The van der Waals surface area contributed by atoms with Gasteiger partial charge in [-0.25, -0.2) is 4.79 Å². The summed E-state index contributed by atoms with van der Waals surface area (Å²) in [6, 6.07) is 2.12. The zero-order valence-corrected chi connectivity index (χ0v) is 15.4. The highest BCUT2D eigenvalue weighted by Gasteiger charge is 2.24. The molecular formula is C18H29N5O3. The van der Waals surface area contributed by atoms with E-state index in [0.717, 1.165) is 38.0 Å². The Morgan fingerprint density at radius 1 is 1.35 bits per heavy atom. The summed E-state index contributed by atoms with van der Waals surface area (Å²) < 4.78 is 6.73. The Morgan fingerprint density at radius 3 is 2.85 bits per heavy atom. The number of aromatic nitrogens is 2. The van der Waals surface area contributed by atoms with Crippen molar-refractivity contribution >= 4 is 12.0 Å². The smallest absolute Gasteiger partial charge is 0.409 e. The lowest BCUT2D eigenvalue weighted by Crippen LogP contribution is -2.47. The first-order valence-electron chi connectivity index (χ1n) is 9.61.